The summed E-state index contributed by atoms with van der Waals surface area (Å²) in [6.45, 7) is 2.92. The Morgan fingerprint density at radius 1 is 1.15 bits per heavy atom. The zero-order valence-electron chi connectivity index (χ0n) is 18.1. The maximum absolute atomic E-state index is 14.5. The quantitative estimate of drug-likeness (QED) is 0.409. The summed E-state index contributed by atoms with van der Waals surface area (Å²) in [6, 6.07) is 7.59. The van der Waals surface area contributed by atoms with E-state index in [1.165, 1.54) is 19.1 Å². The number of hydrogen-bond acceptors (Lipinski definition) is 5. The highest BCUT2D eigenvalue weighted by atomic mass is 35.5. The van der Waals surface area contributed by atoms with Crippen molar-refractivity contribution < 1.29 is 32.2 Å². The third-order valence-corrected chi connectivity index (χ3v) is 6.64. The fourth-order valence-electron chi connectivity index (χ4n) is 4.77. The van der Waals surface area contributed by atoms with Gasteiger partial charge in [0.05, 0.1) is 10.5 Å². The summed E-state index contributed by atoms with van der Waals surface area (Å²) in [7, 11) is 0. The Morgan fingerprint density at radius 3 is 2.53 bits per heavy atom. The molecule has 0 aliphatic heterocycles. The number of anilines is 1. The molecule has 0 spiro atoms. The third-order valence-electron chi connectivity index (χ3n) is 6.34. The van der Waals surface area contributed by atoms with Crippen LogP contribution in [-0.2, 0) is 11.8 Å². The van der Waals surface area contributed by atoms with Crippen LogP contribution in [-0.4, -0.2) is 44.4 Å². The van der Waals surface area contributed by atoms with Gasteiger partial charge in [0.2, 0.25) is 0 Å². The van der Waals surface area contributed by atoms with E-state index in [1.54, 1.807) is 31.3 Å². The number of aryl methyl sites for hydroxylation is 1. The highest BCUT2D eigenvalue weighted by molar-refractivity contribution is 6.32. The van der Waals surface area contributed by atoms with Crippen molar-refractivity contribution >= 4 is 28.2 Å². The molecule has 2 aromatic carbocycles. The number of alkyl halides is 5. The molecule has 3 aromatic rings. The number of phenols is 1. The number of fused-ring (bicyclic) bond motifs is 2. The predicted octanol–water partition coefficient (Wildman–Crippen LogP) is 5.54. The van der Waals surface area contributed by atoms with Crippen molar-refractivity contribution in [2.45, 2.75) is 49.8 Å². The van der Waals surface area contributed by atoms with Gasteiger partial charge in [-0.05, 0) is 37.1 Å². The molecule has 11 heteroatoms. The average molecular weight is 502 g/mol. The molecule has 0 fully saturated rings. The zero-order valence-corrected chi connectivity index (χ0v) is 18.9. The van der Waals surface area contributed by atoms with Crippen molar-refractivity contribution in [1.29, 1.82) is 0 Å². The highest BCUT2D eigenvalue weighted by Crippen LogP contribution is 2.55. The number of aromatic nitrogens is 2. The fourth-order valence-corrected chi connectivity index (χ4v) is 4.93. The maximum Gasteiger partial charge on any atom is 0.456 e. The number of aliphatic hydroxyl groups is 1. The van der Waals surface area contributed by atoms with Crippen LogP contribution in [0.25, 0.3) is 10.9 Å². The minimum absolute atomic E-state index is 0.0410. The van der Waals surface area contributed by atoms with Crippen LogP contribution in [0.2, 0.25) is 5.02 Å². The van der Waals surface area contributed by atoms with Gasteiger partial charge >= 0.3 is 12.1 Å². The van der Waals surface area contributed by atoms with Crippen LogP contribution < -0.4 is 5.32 Å². The van der Waals surface area contributed by atoms with E-state index in [-0.39, 0.29) is 22.7 Å². The minimum atomic E-state index is -5.97. The van der Waals surface area contributed by atoms with Crippen LogP contribution in [0, 0.1) is 6.92 Å². The average Bonchev–Trinajstić information content (AvgIpc) is 2.73. The van der Waals surface area contributed by atoms with Crippen LogP contribution in [0.5, 0.6) is 5.75 Å². The maximum atomic E-state index is 14.5. The number of aromatic hydroxyl groups is 1. The van der Waals surface area contributed by atoms with Crippen molar-refractivity contribution in [2.24, 2.45) is 0 Å². The summed E-state index contributed by atoms with van der Waals surface area (Å²) in [4.78, 5) is 8.47. The second kappa shape index (κ2) is 7.91. The van der Waals surface area contributed by atoms with E-state index in [4.69, 9.17) is 11.6 Å². The van der Waals surface area contributed by atoms with Gasteiger partial charge in [-0.3, -0.25) is 0 Å². The van der Waals surface area contributed by atoms with Crippen LogP contribution >= 0.6 is 11.6 Å². The summed E-state index contributed by atoms with van der Waals surface area (Å²) >= 11 is 6.04. The molecule has 5 nitrogen and oxygen atoms in total. The first-order chi connectivity index (χ1) is 15.7. The monoisotopic (exact) mass is 501 g/mol. The standard InChI is InChI=1S/C23H21ClF5N3O2/c1-12-30-9-14-16(4-3-5-17(14)32-12)31-11-20(2)10-21(34,22(25,26)23(27,28)29)8-13-6-7-15(24)19(33)18(13)20/h3-7,9,31,33-34H,8,10-11H2,1-2H3. The van der Waals surface area contributed by atoms with Crippen LogP contribution in [0.1, 0.15) is 30.3 Å². The Balaban J connectivity index is 1.80. The smallest absolute Gasteiger partial charge is 0.456 e. The van der Waals surface area contributed by atoms with Crippen LogP contribution in [0.4, 0.5) is 27.6 Å². The lowest BCUT2D eigenvalue weighted by molar-refractivity contribution is -0.346. The van der Waals surface area contributed by atoms with Gasteiger partial charge in [-0.25, -0.2) is 9.97 Å². The molecule has 3 N–H and O–H groups in total. The molecule has 1 aliphatic carbocycles. The SMILES string of the molecule is Cc1ncc2c(NCC3(C)CC(O)(C(F)(F)C(F)(F)F)Cc4ccc(Cl)c(O)c43)cccc2n1. The fraction of sp³-hybridized carbons (Fsp3) is 0.391. The van der Waals surface area contributed by atoms with E-state index >= 15 is 0 Å². The number of benzene rings is 2. The van der Waals surface area contributed by atoms with E-state index in [2.05, 4.69) is 15.3 Å². The van der Waals surface area contributed by atoms with Crippen LogP contribution in [0.3, 0.4) is 0 Å². The van der Waals surface area contributed by atoms with E-state index in [1.807, 2.05) is 0 Å². The molecule has 0 saturated carbocycles. The number of nitrogens with one attached hydrogen (secondary N) is 1. The first-order valence-electron chi connectivity index (χ1n) is 10.3. The largest absolute Gasteiger partial charge is 0.506 e. The minimum Gasteiger partial charge on any atom is -0.506 e. The zero-order chi connectivity index (χ0) is 25.1. The van der Waals surface area contributed by atoms with E-state index in [0.717, 1.165) is 0 Å². The molecule has 1 aromatic heterocycles. The third kappa shape index (κ3) is 3.82. The molecular weight excluding hydrogens is 481 g/mol. The van der Waals surface area contributed by atoms with E-state index in [9.17, 15) is 32.2 Å². The molecule has 2 atom stereocenters. The topological polar surface area (TPSA) is 78.3 Å². The number of hydrogen-bond donors (Lipinski definition) is 3. The second-order valence-corrected chi connectivity index (χ2v) is 9.36. The van der Waals surface area contributed by atoms with E-state index in [0.29, 0.717) is 22.4 Å². The number of halogens is 6. The van der Waals surface area contributed by atoms with Gasteiger partial charge in [-0.1, -0.05) is 30.7 Å². The summed E-state index contributed by atoms with van der Waals surface area (Å²) in [6.07, 6.45) is -6.39. The predicted molar refractivity (Wildman–Crippen MR) is 118 cm³/mol. The summed E-state index contributed by atoms with van der Waals surface area (Å²) < 4.78 is 68.9. The summed E-state index contributed by atoms with van der Waals surface area (Å²) in [5.74, 6) is -5.27. The first kappa shape index (κ1) is 24.4. The molecule has 0 radical (unpaired) electrons. The van der Waals surface area contributed by atoms with Gasteiger partial charge in [0.25, 0.3) is 0 Å². The van der Waals surface area contributed by atoms with Crippen molar-refractivity contribution in [3.8, 4) is 5.75 Å². The Labute approximate surface area is 196 Å². The van der Waals surface area contributed by atoms with Gasteiger partial charge < -0.3 is 15.5 Å². The molecule has 0 amide bonds. The summed E-state index contributed by atoms with van der Waals surface area (Å²) in [5, 5.41) is 25.0. The van der Waals surface area contributed by atoms with Crippen molar-refractivity contribution in [3.63, 3.8) is 0 Å². The molecule has 0 saturated heterocycles. The Hall–Kier alpha value is -2.72. The lowest BCUT2D eigenvalue weighted by Crippen LogP contribution is -2.63. The van der Waals surface area contributed by atoms with Gasteiger partial charge in [0, 0.05) is 41.2 Å². The normalized spacial score (nSPS) is 23.1. The molecule has 1 aliphatic rings. The molecule has 34 heavy (non-hydrogen) atoms. The van der Waals surface area contributed by atoms with Gasteiger partial charge in [-0.2, -0.15) is 22.0 Å². The van der Waals surface area contributed by atoms with Crippen molar-refractivity contribution in [1.82, 2.24) is 9.97 Å². The second-order valence-electron chi connectivity index (χ2n) is 8.96. The lowest BCUT2D eigenvalue weighted by Gasteiger charge is -2.48. The van der Waals surface area contributed by atoms with E-state index < -0.39 is 41.7 Å². The van der Waals surface area contributed by atoms with Crippen molar-refractivity contribution in [3.05, 3.63) is 58.5 Å². The van der Waals surface area contributed by atoms with Gasteiger partial charge in [0.1, 0.15) is 17.2 Å². The van der Waals surface area contributed by atoms with Crippen molar-refractivity contribution in [2.75, 3.05) is 11.9 Å². The first-order valence-corrected chi connectivity index (χ1v) is 10.7. The Morgan fingerprint density at radius 2 is 1.85 bits per heavy atom. The number of phenolic OH excluding ortho intramolecular Hbond substituents is 1. The number of rotatable bonds is 4. The molecule has 2 unspecified atom stereocenters. The molecule has 4 rings (SSSR count). The van der Waals surface area contributed by atoms with Crippen LogP contribution in [0.15, 0.2) is 36.5 Å². The van der Waals surface area contributed by atoms with Gasteiger partial charge in [-0.15, -0.1) is 0 Å². The summed E-state index contributed by atoms with van der Waals surface area (Å²) in [5.41, 5.74) is -3.80. The molecule has 1 heterocycles. The highest BCUT2D eigenvalue weighted by Gasteiger charge is 2.71. The van der Waals surface area contributed by atoms with Gasteiger partial charge in [0.15, 0.2) is 0 Å². The number of nitrogens with zero attached hydrogens (tertiary/aromatic N) is 2. The molecule has 182 valence electrons. The lowest BCUT2D eigenvalue weighted by atomic mass is 9.63. The molecule has 0 bridgehead atoms. The molecular formula is C23H21ClF5N3O2. The Kier molecular flexibility index (Phi) is 5.68. The Bertz CT molecular complexity index is 1270.